The lowest BCUT2D eigenvalue weighted by Crippen LogP contribution is -2.00. The van der Waals surface area contributed by atoms with Gasteiger partial charge in [0.25, 0.3) is 0 Å². The van der Waals surface area contributed by atoms with Crippen LogP contribution in [0.3, 0.4) is 0 Å². The molecule has 0 radical (unpaired) electrons. The molecule has 3 aromatic rings. The molecule has 0 saturated heterocycles. The first-order valence-electron chi connectivity index (χ1n) is 6.29. The molecule has 0 atom stereocenters. The summed E-state index contributed by atoms with van der Waals surface area (Å²) in [6, 6.07) is 15.5. The van der Waals surface area contributed by atoms with Crippen LogP contribution < -0.4 is 5.32 Å². The van der Waals surface area contributed by atoms with Gasteiger partial charge in [-0.15, -0.1) is 0 Å². The SMILES string of the molecule is Oc1c(Br)cccc1CNc1cccc2ncccc12. The molecule has 0 spiro atoms. The van der Waals surface area contributed by atoms with Crippen molar-refractivity contribution in [2.24, 2.45) is 0 Å². The molecule has 20 heavy (non-hydrogen) atoms. The number of nitrogens with zero attached hydrogens (tertiary/aromatic N) is 1. The molecule has 2 N–H and O–H groups in total. The van der Waals surface area contributed by atoms with Crippen molar-refractivity contribution in [2.75, 3.05) is 5.32 Å². The van der Waals surface area contributed by atoms with E-state index < -0.39 is 0 Å². The van der Waals surface area contributed by atoms with Crippen molar-refractivity contribution in [1.82, 2.24) is 4.98 Å². The van der Waals surface area contributed by atoms with Gasteiger partial charge in [0.2, 0.25) is 0 Å². The lowest BCUT2D eigenvalue weighted by atomic mass is 10.1. The molecule has 0 saturated carbocycles. The number of aromatic hydroxyl groups is 1. The van der Waals surface area contributed by atoms with E-state index in [-0.39, 0.29) is 5.75 Å². The second-order valence-corrected chi connectivity index (χ2v) is 5.33. The van der Waals surface area contributed by atoms with Crippen LogP contribution >= 0.6 is 15.9 Å². The number of fused-ring (bicyclic) bond motifs is 1. The average molecular weight is 329 g/mol. The molecule has 1 heterocycles. The highest BCUT2D eigenvalue weighted by Gasteiger charge is 2.06. The molecule has 0 aliphatic carbocycles. The fraction of sp³-hybridized carbons (Fsp3) is 0.0625. The average Bonchev–Trinajstić information content (AvgIpc) is 2.49. The number of nitrogens with one attached hydrogen (secondary N) is 1. The maximum Gasteiger partial charge on any atom is 0.134 e. The Labute approximate surface area is 125 Å². The van der Waals surface area contributed by atoms with Crippen LogP contribution in [0.2, 0.25) is 0 Å². The minimum Gasteiger partial charge on any atom is -0.506 e. The maximum atomic E-state index is 9.99. The van der Waals surface area contributed by atoms with Gasteiger partial charge in [0.05, 0.1) is 9.99 Å². The first kappa shape index (κ1) is 12.9. The van der Waals surface area contributed by atoms with Crippen molar-refractivity contribution in [3.8, 4) is 5.75 Å². The third-order valence-corrected chi connectivity index (χ3v) is 3.83. The number of aromatic nitrogens is 1. The maximum absolute atomic E-state index is 9.99. The molecule has 100 valence electrons. The highest BCUT2D eigenvalue weighted by atomic mass is 79.9. The van der Waals surface area contributed by atoms with E-state index in [4.69, 9.17) is 0 Å². The smallest absolute Gasteiger partial charge is 0.134 e. The summed E-state index contributed by atoms with van der Waals surface area (Å²) in [5, 5.41) is 14.4. The van der Waals surface area contributed by atoms with Crippen molar-refractivity contribution < 1.29 is 5.11 Å². The fourth-order valence-electron chi connectivity index (χ4n) is 2.15. The zero-order chi connectivity index (χ0) is 13.9. The largest absolute Gasteiger partial charge is 0.506 e. The van der Waals surface area contributed by atoms with Crippen molar-refractivity contribution in [3.63, 3.8) is 0 Å². The van der Waals surface area contributed by atoms with Crippen LogP contribution in [0.4, 0.5) is 5.69 Å². The van der Waals surface area contributed by atoms with Crippen molar-refractivity contribution in [1.29, 1.82) is 0 Å². The van der Waals surface area contributed by atoms with Crippen LogP contribution in [0.25, 0.3) is 10.9 Å². The van der Waals surface area contributed by atoms with Crippen molar-refractivity contribution >= 4 is 32.5 Å². The highest BCUT2D eigenvalue weighted by Crippen LogP contribution is 2.29. The highest BCUT2D eigenvalue weighted by molar-refractivity contribution is 9.10. The number of hydrogen-bond acceptors (Lipinski definition) is 3. The minimum absolute atomic E-state index is 0.276. The van der Waals surface area contributed by atoms with Crippen molar-refractivity contribution in [3.05, 3.63) is 64.8 Å². The quantitative estimate of drug-likeness (QED) is 0.752. The standard InChI is InChI=1S/C16H13BrN2O/c17-13-6-1-4-11(16(13)20)10-19-15-8-2-7-14-12(15)5-3-9-18-14/h1-9,19-20H,10H2. The molecule has 2 aromatic carbocycles. The first-order chi connectivity index (χ1) is 9.75. The van der Waals surface area contributed by atoms with Gasteiger partial charge in [-0.1, -0.05) is 18.2 Å². The molecule has 3 nitrogen and oxygen atoms in total. The van der Waals surface area contributed by atoms with Gasteiger partial charge in [-0.2, -0.15) is 0 Å². The molecule has 0 aliphatic heterocycles. The van der Waals surface area contributed by atoms with E-state index in [2.05, 4.69) is 26.2 Å². The number of phenolic OH excluding ortho intramolecular Hbond substituents is 1. The van der Waals surface area contributed by atoms with Crippen molar-refractivity contribution in [2.45, 2.75) is 6.54 Å². The van der Waals surface area contributed by atoms with E-state index in [9.17, 15) is 5.11 Å². The predicted molar refractivity (Wildman–Crippen MR) is 84.9 cm³/mol. The second kappa shape index (κ2) is 5.51. The zero-order valence-electron chi connectivity index (χ0n) is 10.7. The summed E-state index contributed by atoms with van der Waals surface area (Å²) < 4.78 is 0.705. The summed E-state index contributed by atoms with van der Waals surface area (Å²) in [6.45, 7) is 0.555. The molecule has 0 fully saturated rings. The zero-order valence-corrected chi connectivity index (χ0v) is 12.3. The Morgan fingerprint density at radius 3 is 2.80 bits per heavy atom. The summed E-state index contributed by atoms with van der Waals surface area (Å²) in [4.78, 5) is 4.33. The monoisotopic (exact) mass is 328 g/mol. The molecule has 3 rings (SSSR count). The van der Waals surface area contributed by atoms with Crippen LogP contribution in [0, 0.1) is 0 Å². The third-order valence-electron chi connectivity index (χ3n) is 3.19. The lowest BCUT2D eigenvalue weighted by molar-refractivity contribution is 0.465. The van der Waals surface area contributed by atoms with Gasteiger partial charge in [-0.25, -0.2) is 0 Å². The van der Waals surface area contributed by atoms with E-state index in [1.54, 1.807) is 6.20 Å². The molecular formula is C16H13BrN2O. The third kappa shape index (κ3) is 2.47. The van der Waals surface area contributed by atoms with Crippen LogP contribution in [0.15, 0.2) is 59.2 Å². The summed E-state index contributed by atoms with van der Waals surface area (Å²) in [5.41, 5.74) is 2.81. The molecule has 0 unspecified atom stereocenters. The predicted octanol–water partition coefficient (Wildman–Crippen LogP) is 4.32. The number of anilines is 1. The normalized spacial score (nSPS) is 10.7. The van der Waals surface area contributed by atoms with E-state index >= 15 is 0 Å². The lowest BCUT2D eigenvalue weighted by Gasteiger charge is -2.11. The molecule has 0 aliphatic rings. The topological polar surface area (TPSA) is 45.1 Å². The first-order valence-corrected chi connectivity index (χ1v) is 7.09. The van der Waals surface area contributed by atoms with Gasteiger partial charge >= 0.3 is 0 Å². The number of pyridine rings is 1. The summed E-state index contributed by atoms with van der Waals surface area (Å²) in [5.74, 6) is 0.276. The Balaban J connectivity index is 1.89. The van der Waals surface area contributed by atoms with E-state index in [0.717, 1.165) is 22.2 Å². The molecule has 0 amide bonds. The van der Waals surface area contributed by atoms with Crippen LogP contribution in [0.5, 0.6) is 5.75 Å². The summed E-state index contributed by atoms with van der Waals surface area (Å²) in [7, 11) is 0. The fourth-order valence-corrected chi connectivity index (χ4v) is 2.56. The summed E-state index contributed by atoms with van der Waals surface area (Å²) in [6.07, 6.45) is 1.78. The van der Waals surface area contributed by atoms with Crippen LogP contribution in [-0.2, 0) is 6.54 Å². The second-order valence-electron chi connectivity index (χ2n) is 4.48. The Hall–Kier alpha value is -2.07. The number of phenols is 1. The Morgan fingerprint density at radius 2 is 1.90 bits per heavy atom. The van der Waals surface area contributed by atoms with Gasteiger partial charge < -0.3 is 10.4 Å². The molecule has 4 heteroatoms. The Bertz CT molecular complexity index is 753. The number of hydrogen-bond donors (Lipinski definition) is 2. The van der Waals surface area contributed by atoms with Gasteiger partial charge in [-0.3, -0.25) is 4.98 Å². The Kier molecular flexibility index (Phi) is 3.56. The molecule has 0 bridgehead atoms. The van der Waals surface area contributed by atoms with E-state index in [1.165, 1.54) is 0 Å². The molecular weight excluding hydrogens is 316 g/mol. The van der Waals surface area contributed by atoms with E-state index in [0.29, 0.717) is 11.0 Å². The summed E-state index contributed by atoms with van der Waals surface area (Å²) >= 11 is 3.32. The Morgan fingerprint density at radius 1 is 1.05 bits per heavy atom. The number of halogens is 1. The van der Waals surface area contributed by atoms with Crippen LogP contribution in [0.1, 0.15) is 5.56 Å². The number of benzene rings is 2. The van der Waals surface area contributed by atoms with Gasteiger partial charge in [0, 0.05) is 29.4 Å². The van der Waals surface area contributed by atoms with Gasteiger partial charge in [0.1, 0.15) is 5.75 Å². The van der Waals surface area contributed by atoms with E-state index in [1.807, 2.05) is 48.5 Å². The molecule has 1 aromatic heterocycles. The van der Waals surface area contributed by atoms with Gasteiger partial charge in [0.15, 0.2) is 0 Å². The number of rotatable bonds is 3. The minimum atomic E-state index is 0.276. The van der Waals surface area contributed by atoms with Crippen LogP contribution in [-0.4, -0.2) is 10.1 Å². The van der Waals surface area contributed by atoms with Gasteiger partial charge in [-0.05, 0) is 46.3 Å². The number of para-hydroxylation sites is 1.